The topological polar surface area (TPSA) is 91.2 Å². The molecule has 0 saturated carbocycles. The Bertz CT molecular complexity index is 1530. The molecule has 0 aliphatic carbocycles. The average molecular weight is 470 g/mol. The second-order valence-electron chi connectivity index (χ2n) is 7.48. The molecule has 0 N–H and O–H groups in total. The van der Waals surface area contributed by atoms with Gasteiger partial charge in [-0.3, -0.25) is 14.9 Å². The van der Waals surface area contributed by atoms with Crippen molar-refractivity contribution in [2.75, 3.05) is 0 Å². The minimum atomic E-state index is -0.619. The molecule has 2 aromatic heterocycles. The van der Waals surface area contributed by atoms with E-state index >= 15 is 0 Å². The molecule has 34 heavy (non-hydrogen) atoms. The number of nitro groups is 1. The van der Waals surface area contributed by atoms with Crippen LogP contribution in [0.1, 0.15) is 15.9 Å². The van der Waals surface area contributed by atoms with Gasteiger partial charge in [0.25, 0.3) is 5.69 Å². The number of halogens is 1. The lowest BCUT2D eigenvalue weighted by Crippen LogP contribution is -1.97. The van der Waals surface area contributed by atoms with E-state index in [0.717, 1.165) is 16.7 Å². The number of nitrogens with zero attached hydrogens (tertiary/aromatic N) is 3. The first-order chi connectivity index (χ1) is 16.5. The Balaban J connectivity index is 1.55. The van der Waals surface area contributed by atoms with Gasteiger partial charge in [0.05, 0.1) is 10.6 Å². The van der Waals surface area contributed by atoms with Crippen LogP contribution in [-0.4, -0.2) is 20.5 Å². The molecule has 0 saturated heterocycles. The van der Waals surface area contributed by atoms with Crippen LogP contribution in [0, 0.1) is 10.1 Å². The summed E-state index contributed by atoms with van der Waals surface area (Å²) in [6.07, 6.45) is 4.77. The number of carbonyl (C=O) groups excluding carboxylic acids is 1. The fourth-order valence-electron chi connectivity index (χ4n) is 3.58. The third kappa shape index (κ3) is 4.12. The van der Waals surface area contributed by atoms with Gasteiger partial charge in [0.15, 0.2) is 11.5 Å². The summed E-state index contributed by atoms with van der Waals surface area (Å²) in [6.45, 7) is 0. The molecule has 0 fully saturated rings. The molecule has 0 bridgehead atoms. The van der Waals surface area contributed by atoms with E-state index in [-0.39, 0.29) is 16.3 Å². The first-order valence-electron chi connectivity index (χ1n) is 10.3. The molecule has 0 radical (unpaired) electrons. The number of hydrogen-bond acceptors (Lipinski definition) is 5. The van der Waals surface area contributed by atoms with Crippen LogP contribution in [-0.2, 0) is 0 Å². The lowest BCUT2D eigenvalue weighted by Gasteiger charge is -1.99. The lowest BCUT2D eigenvalue weighted by molar-refractivity contribution is -0.384. The predicted molar refractivity (Wildman–Crippen MR) is 130 cm³/mol. The maximum Gasteiger partial charge on any atom is 0.288 e. The van der Waals surface area contributed by atoms with Crippen LogP contribution >= 0.6 is 11.6 Å². The Kier molecular flexibility index (Phi) is 5.53. The molecule has 166 valence electrons. The lowest BCUT2D eigenvalue weighted by atomic mass is 10.1. The summed E-state index contributed by atoms with van der Waals surface area (Å²) in [5.74, 6) is 0.160. The summed E-state index contributed by atoms with van der Waals surface area (Å²) in [5.41, 5.74) is 2.63. The fraction of sp³-hybridized carbons (Fsp3) is 0. The molecule has 0 unspecified atom stereocenters. The number of nitro benzene ring substituents is 1. The standard InChI is InChI=1S/C26H16ClN3O4/c27-21-12-10-17(14-22(21)30(32)33)23(31)13-11-19-16-29(20-7-2-1-3-8-20)28-26(19)25-15-18-6-4-5-9-24(18)34-25/h1-16H. The highest BCUT2D eigenvalue weighted by molar-refractivity contribution is 6.32. The van der Waals surface area contributed by atoms with E-state index in [1.165, 1.54) is 24.3 Å². The molecule has 8 heteroatoms. The zero-order valence-corrected chi connectivity index (χ0v) is 18.3. The van der Waals surface area contributed by atoms with E-state index in [2.05, 4.69) is 0 Å². The maximum absolute atomic E-state index is 12.8. The third-order valence-electron chi connectivity index (χ3n) is 5.26. The van der Waals surface area contributed by atoms with E-state index < -0.39 is 10.7 Å². The number of rotatable bonds is 6. The molecule has 5 aromatic rings. The second kappa shape index (κ2) is 8.80. The van der Waals surface area contributed by atoms with E-state index in [0.29, 0.717) is 17.0 Å². The van der Waals surface area contributed by atoms with E-state index in [1.807, 2.05) is 60.7 Å². The van der Waals surface area contributed by atoms with Crippen molar-refractivity contribution in [1.29, 1.82) is 0 Å². The molecule has 0 atom stereocenters. The molecule has 3 aromatic carbocycles. The minimum absolute atomic E-state index is 0.0261. The highest BCUT2D eigenvalue weighted by Crippen LogP contribution is 2.31. The zero-order valence-electron chi connectivity index (χ0n) is 17.6. The van der Waals surface area contributed by atoms with Crippen molar-refractivity contribution in [1.82, 2.24) is 9.78 Å². The van der Waals surface area contributed by atoms with Gasteiger partial charge in [-0.25, -0.2) is 4.68 Å². The van der Waals surface area contributed by atoms with Crippen molar-refractivity contribution >= 4 is 40.1 Å². The monoisotopic (exact) mass is 469 g/mol. The molecule has 0 amide bonds. The van der Waals surface area contributed by atoms with Gasteiger partial charge in [0, 0.05) is 28.8 Å². The number of para-hydroxylation sites is 2. The molecular weight excluding hydrogens is 454 g/mol. The summed E-state index contributed by atoms with van der Waals surface area (Å²) >= 11 is 5.86. The number of allylic oxidation sites excluding steroid dienone is 1. The molecule has 0 aliphatic rings. The van der Waals surface area contributed by atoms with Gasteiger partial charge >= 0.3 is 0 Å². The van der Waals surface area contributed by atoms with Crippen molar-refractivity contribution in [2.45, 2.75) is 0 Å². The summed E-state index contributed by atoms with van der Waals surface area (Å²) < 4.78 is 7.71. The van der Waals surface area contributed by atoms with Crippen LogP contribution in [0.2, 0.25) is 5.02 Å². The number of fused-ring (bicyclic) bond motifs is 1. The molecule has 0 spiro atoms. The summed E-state index contributed by atoms with van der Waals surface area (Å²) in [5, 5.41) is 16.8. The molecule has 2 heterocycles. The smallest absolute Gasteiger partial charge is 0.288 e. The Hall–Kier alpha value is -4.49. The van der Waals surface area contributed by atoms with Crippen LogP contribution in [0.15, 0.2) is 95.6 Å². The second-order valence-corrected chi connectivity index (χ2v) is 7.89. The van der Waals surface area contributed by atoms with Gasteiger partial charge in [-0.1, -0.05) is 48.0 Å². The Morgan fingerprint density at radius 3 is 2.56 bits per heavy atom. The zero-order chi connectivity index (χ0) is 23.7. The van der Waals surface area contributed by atoms with E-state index in [4.69, 9.17) is 21.1 Å². The minimum Gasteiger partial charge on any atom is -0.454 e. The Morgan fingerprint density at radius 2 is 1.79 bits per heavy atom. The van der Waals surface area contributed by atoms with Gasteiger partial charge in [-0.05, 0) is 48.6 Å². The molecule has 7 nitrogen and oxygen atoms in total. The Labute approximate surface area is 198 Å². The first kappa shape index (κ1) is 21.4. The number of benzene rings is 3. The van der Waals surface area contributed by atoms with Gasteiger partial charge in [0.1, 0.15) is 16.3 Å². The maximum atomic E-state index is 12.8. The first-order valence-corrected chi connectivity index (χ1v) is 10.7. The third-order valence-corrected chi connectivity index (χ3v) is 5.58. The van der Waals surface area contributed by atoms with Crippen molar-refractivity contribution in [3.05, 3.63) is 117 Å². The number of aromatic nitrogens is 2. The van der Waals surface area contributed by atoms with Crippen molar-refractivity contribution in [3.63, 3.8) is 0 Å². The predicted octanol–water partition coefficient (Wildman–Crippen LogP) is 6.74. The SMILES string of the molecule is O=C(C=Cc1cn(-c2ccccc2)nc1-c1cc2ccccc2o1)c1ccc(Cl)c([N+](=O)[O-])c1. The summed E-state index contributed by atoms with van der Waals surface area (Å²) in [7, 11) is 0. The van der Waals surface area contributed by atoms with E-state index in [1.54, 1.807) is 17.0 Å². The Morgan fingerprint density at radius 1 is 1.03 bits per heavy atom. The van der Waals surface area contributed by atoms with Gasteiger partial charge in [-0.2, -0.15) is 5.10 Å². The van der Waals surface area contributed by atoms with Crippen LogP contribution < -0.4 is 0 Å². The number of hydrogen-bond donors (Lipinski definition) is 0. The van der Waals surface area contributed by atoms with Crippen molar-refractivity contribution in [2.24, 2.45) is 0 Å². The molecular formula is C26H16ClN3O4. The number of furan rings is 1. The highest BCUT2D eigenvalue weighted by Gasteiger charge is 2.17. The highest BCUT2D eigenvalue weighted by atomic mass is 35.5. The van der Waals surface area contributed by atoms with Crippen molar-refractivity contribution < 1.29 is 14.1 Å². The summed E-state index contributed by atoms with van der Waals surface area (Å²) in [6, 6.07) is 23.1. The van der Waals surface area contributed by atoms with Gasteiger partial charge in [-0.15, -0.1) is 0 Å². The van der Waals surface area contributed by atoms with Crippen molar-refractivity contribution in [3.8, 4) is 17.1 Å². The molecule has 5 rings (SSSR count). The van der Waals surface area contributed by atoms with Crippen LogP contribution in [0.3, 0.4) is 0 Å². The quantitative estimate of drug-likeness (QED) is 0.119. The largest absolute Gasteiger partial charge is 0.454 e. The van der Waals surface area contributed by atoms with Gasteiger partial charge in [0.2, 0.25) is 0 Å². The summed E-state index contributed by atoms with van der Waals surface area (Å²) in [4.78, 5) is 23.3. The average Bonchev–Trinajstić information content (AvgIpc) is 3.47. The van der Waals surface area contributed by atoms with E-state index in [9.17, 15) is 14.9 Å². The van der Waals surface area contributed by atoms with Crippen LogP contribution in [0.25, 0.3) is 34.2 Å². The normalized spacial score (nSPS) is 11.3. The van der Waals surface area contributed by atoms with Crippen LogP contribution in [0.4, 0.5) is 5.69 Å². The van der Waals surface area contributed by atoms with Crippen LogP contribution in [0.5, 0.6) is 0 Å². The fourth-order valence-corrected chi connectivity index (χ4v) is 3.77. The van der Waals surface area contributed by atoms with Gasteiger partial charge < -0.3 is 4.42 Å². The molecule has 0 aliphatic heterocycles. The number of carbonyl (C=O) groups is 1. The number of ketones is 1.